The molecule has 1 saturated heterocycles. The monoisotopic (exact) mass is 546 g/mol. The van der Waals surface area contributed by atoms with Gasteiger partial charge in [0.1, 0.15) is 11.8 Å². The molecule has 5 rings (SSSR count). The van der Waals surface area contributed by atoms with Crippen molar-refractivity contribution in [3.63, 3.8) is 0 Å². The van der Waals surface area contributed by atoms with E-state index in [-0.39, 0.29) is 11.5 Å². The Morgan fingerprint density at radius 2 is 1.82 bits per heavy atom. The largest absolute Gasteiger partial charge is 0.496 e. The number of amides is 1. The molecule has 1 fully saturated rings. The summed E-state index contributed by atoms with van der Waals surface area (Å²) in [5, 5.41) is 0. The molecule has 39 heavy (non-hydrogen) atoms. The van der Waals surface area contributed by atoms with Crippen LogP contribution in [-0.4, -0.2) is 61.9 Å². The number of allylic oxidation sites excluding steroid dienone is 1. The number of thiazole rings is 1. The Labute approximate surface area is 232 Å². The van der Waals surface area contributed by atoms with Gasteiger partial charge in [-0.05, 0) is 50.6 Å². The first-order chi connectivity index (χ1) is 19.0. The number of methoxy groups -OCH3 is 1. The summed E-state index contributed by atoms with van der Waals surface area (Å²) in [5.41, 5.74) is 3.77. The zero-order valence-electron chi connectivity index (χ0n) is 22.8. The molecule has 2 aliphatic rings. The van der Waals surface area contributed by atoms with Gasteiger partial charge in [-0.15, -0.1) is 0 Å². The molecule has 0 N–H and O–H groups in total. The summed E-state index contributed by atoms with van der Waals surface area (Å²) in [6.07, 6.45) is 1.90. The SMILES string of the molecule is CCN(CC)C(=O)C1=C(C)N=c2s/c(=C\c3ccc(N4CCOCC4)cc3)c(=O)n2[C@@H]1c1ccccc1OC. The Balaban J connectivity index is 1.62. The summed E-state index contributed by atoms with van der Waals surface area (Å²) < 4.78 is 13.4. The zero-order chi connectivity index (χ0) is 27.5. The second-order valence-electron chi connectivity index (χ2n) is 9.49. The second kappa shape index (κ2) is 11.6. The molecule has 1 amide bonds. The maximum Gasteiger partial charge on any atom is 0.271 e. The van der Waals surface area contributed by atoms with Gasteiger partial charge < -0.3 is 19.3 Å². The van der Waals surface area contributed by atoms with E-state index >= 15 is 0 Å². The Morgan fingerprint density at radius 3 is 2.49 bits per heavy atom. The first-order valence-corrected chi connectivity index (χ1v) is 14.2. The summed E-state index contributed by atoms with van der Waals surface area (Å²) in [6, 6.07) is 15.1. The number of fused-ring (bicyclic) bond motifs is 1. The minimum Gasteiger partial charge on any atom is -0.496 e. The number of aromatic nitrogens is 1. The molecule has 0 unspecified atom stereocenters. The van der Waals surface area contributed by atoms with Gasteiger partial charge in [0.2, 0.25) is 0 Å². The van der Waals surface area contributed by atoms with E-state index in [0.29, 0.717) is 39.4 Å². The number of benzene rings is 2. The lowest BCUT2D eigenvalue weighted by Gasteiger charge is -2.29. The molecule has 8 nitrogen and oxygen atoms in total. The number of carbonyl (C=O) groups is 1. The van der Waals surface area contributed by atoms with Gasteiger partial charge >= 0.3 is 0 Å². The van der Waals surface area contributed by atoms with Gasteiger partial charge in [-0.1, -0.05) is 41.7 Å². The Kier molecular flexibility index (Phi) is 7.99. The summed E-state index contributed by atoms with van der Waals surface area (Å²) in [7, 11) is 1.60. The normalized spacial score (nSPS) is 17.6. The Bertz CT molecular complexity index is 1560. The van der Waals surface area contributed by atoms with Crippen LogP contribution in [0.15, 0.2) is 69.6 Å². The topological polar surface area (TPSA) is 76.4 Å². The van der Waals surface area contributed by atoms with Crippen LogP contribution in [0.2, 0.25) is 0 Å². The van der Waals surface area contributed by atoms with Gasteiger partial charge in [0.05, 0.1) is 36.1 Å². The van der Waals surface area contributed by atoms with Crippen LogP contribution in [0.25, 0.3) is 6.08 Å². The molecular weight excluding hydrogens is 512 g/mol. The molecule has 2 aliphatic heterocycles. The van der Waals surface area contributed by atoms with Crippen LogP contribution in [0.1, 0.15) is 37.9 Å². The molecule has 0 spiro atoms. The van der Waals surface area contributed by atoms with Gasteiger partial charge in [-0.3, -0.25) is 14.2 Å². The van der Waals surface area contributed by atoms with E-state index in [1.807, 2.05) is 63.2 Å². The smallest absolute Gasteiger partial charge is 0.271 e. The molecule has 1 aromatic heterocycles. The van der Waals surface area contributed by atoms with E-state index in [2.05, 4.69) is 17.0 Å². The highest BCUT2D eigenvalue weighted by molar-refractivity contribution is 7.07. The number of carbonyl (C=O) groups excluding carboxylic acids is 1. The highest BCUT2D eigenvalue weighted by atomic mass is 32.1. The van der Waals surface area contributed by atoms with Crippen LogP contribution in [0.3, 0.4) is 0 Å². The van der Waals surface area contributed by atoms with Crippen molar-refractivity contribution < 1.29 is 14.3 Å². The lowest BCUT2D eigenvalue weighted by molar-refractivity contribution is -0.127. The van der Waals surface area contributed by atoms with E-state index in [9.17, 15) is 9.59 Å². The second-order valence-corrected chi connectivity index (χ2v) is 10.5. The van der Waals surface area contributed by atoms with Gasteiger partial charge in [0.25, 0.3) is 11.5 Å². The fourth-order valence-corrected chi connectivity index (χ4v) is 6.26. The third-order valence-electron chi connectivity index (χ3n) is 7.30. The number of hydrogen-bond acceptors (Lipinski definition) is 7. The van der Waals surface area contributed by atoms with Crippen LogP contribution in [-0.2, 0) is 9.53 Å². The minimum atomic E-state index is -0.642. The maximum atomic E-state index is 14.0. The number of hydrogen-bond donors (Lipinski definition) is 0. The molecule has 9 heteroatoms. The first-order valence-electron chi connectivity index (χ1n) is 13.3. The molecule has 0 radical (unpaired) electrons. The number of rotatable bonds is 7. The lowest BCUT2D eigenvalue weighted by Crippen LogP contribution is -2.43. The molecule has 204 valence electrons. The van der Waals surface area contributed by atoms with Gasteiger partial charge in [-0.25, -0.2) is 4.99 Å². The number of morpholine rings is 1. The summed E-state index contributed by atoms with van der Waals surface area (Å²) in [4.78, 5) is 37.1. The quantitative estimate of drug-likeness (QED) is 0.456. The van der Waals surface area contributed by atoms with Gasteiger partial charge in [-0.2, -0.15) is 0 Å². The molecule has 0 saturated carbocycles. The third-order valence-corrected chi connectivity index (χ3v) is 8.29. The van der Waals surface area contributed by atoms with Crippen molar-refractivity contribution >= 4 is 29.0 Å². The van der Waals surface area contributed by atoms with Gasteiger partial charge in [0.15, 0.2) is 4.80 Å². The molecule has 3 heterocycles. The summed E-state index contributed by atoms with van der Waals surface area (Å²) in [6.45, 7) is 10.1. The molecule has 2 aromatic carbocycles. The van der Waals surface area contributed by atoms with Crippen molar-refractivity contribution in [2.24, 2.45) is 4.99 Å². The maximum absolute atomic E-state index is 14.0. The van der Waals surface area contributed by atoms with Crippen molar-refractivity contribution in [3.8, 4) is 5.75 Å². The lowest BCUT2D eigenvalue weighted by atomic mass is 9.94. The fourth-order valence-electron chi connectivity index (χ4n) is 5.22. The van der Waals surface area contributed by atoms with Crippen LogP contribution >= 0.6 is 11.3 Å². The van der Waals surface area contributed by atoms with Gasteiger partial charge in [0, 0.05) is 37.4 Å². The molecular formula is C30H34N4O4S. The standard InChI is InChI=1S/C30H34N4O4S/c1-5-32(6-2)29(36)26-20(3)31-30-34(27(26)23-9-7-8-10-24(23)37-4)28(35)25(39-30)19-21-11-13-22(14-12-21)33-15-17-38-18-16-33/h7-14,19,27H,5-6,15-18H2,1-4H3/b25-19-/t27-/m1/s1. The zero-order valence-corrected chi connectivity index (χ0v) is 23.7. The van der Waals surface area contributed by atoms with Crippen molar-refractivity contribution in [1.82, 2.24) is 9.47 Å². The van der Waals surface area contributed by atoms with E-state index < -0.39 is 6.04 Å². The third kappa shape index (κ3) is 5.16. The fraction of sp³-hybridized carbons (Fsp3) is 0.367. The highest BCUT2D eigenvalue weighted by Gasteiger charge is 2.35. The molecule has 1 atom stereocenters. The van der Waals surface area contributed by atoms with Crippen LogP contribution in [0, 0.1) is 0 Å². The van der Waals surface area contributed by atoms with Crippen molar-refractivity contribution in [2.75, 3.05) is 51.4 Å². The average Bonchev–Trinajstić information content (AvgIpc) is 3.27. The summed E-state index contributed by atoms with van der Waals surface area (Å²) >= 11 is 1.34. The Morgan fingerprint density at radius 1 is 1.13 bits per heavy atom. The van der Waals surface area contributed by atoms with Crippen LogP contribution in [0.5, 0.6) is 5.75 Å². The number of para-hydroxylation sites is 1. The highest BCUT2D eigenvalue weighted by Crippen LogP contribution is 2.36. The van der Waals surface area contributed by atoms with Crippen LogP contribution < -0.4 is 24.5 Å². The first kappa shape index (κ1) is 26.9. The number of anilines is 1. The van der Waals surface area contributed by atoms with Crippen molar-refractivity contribution in [1.29, 1.82) is 0 Å². The molecule has 3 aromatic rings. The molecule has 0 aliphatic carbocycles. The van der Waals surface area contributed by atoms with Crippen molar-refractivity contribution in [2.45, 2.75) is 26.8 Å². The van der Waals surface area contributed by atoms with E-state index in [1.54, 1.807) is 16.6 Å². The van der Waals surface area contributed by atoms with E-state index in [1.165, 1.54) is 11.3 Å². The number of likely N-dealkylation sites (N-methyl/N-ethyl adjacent to an activating group) is 1. The van der Waals surface area contributed by atoms with E-state index in [0.717, 1.165) is 43.1 Å². The summed E-state index contributed by atoms with van der Waals surface area (Å²) in [5.74, 6) is 0.500. The van der Waals surface area contributed by atoms with Crippen LogP contribution in [0.4, 0.5) is 5.69 Å². The number of ether oxygens (including phenoxy) is 2. The Hall–Kier alpha value is -3.69. The predicted octanol–water partition coefficient (Wildman–Crippen LogP) is 2.95. The minimum absolute atomic E-state index is 0.120. The average molecular weight is 547 g/mol. The molecule has 0 bridgehead atoms. The van der Waals surface area contributed by atoms with Crippen molar-refractivity contribution in [3.05, 3.63) is 90.6 Å². The number of nitrogens with zero attached hydrogens (tertiary/aromatic N) is 4. The van der Waals surface area contributed by atoms with E-state index in [4.69, 9.17) is 14.5 Å². The predicted molar refractivity (Wildman–Crippen MR) is 154 cm³/mol.